The fraction of sp³-hybridized carbons (Fsp3) is 0.840. The molecule has 0 aromatic rings. The summed E-state index contributed by atoms with van der Waals surface area (Å²) in [5.74, 6) is 6.05. The van der Waals surface area contributed by atoms with Gasteiger partial charge in [0.05, 0.1) is 0 Å². The first-order valence-corrected chi connectivity index (χ1v) is 11.3. The van der Waals surface area contributed by atoms with Crippen molar-refractivity contribution in [1.29, 1.82) is 0 Å². The maximum atomic E-state index is 4.02. The third kappa shape index (κ3) is 2.87. The second-order valence-electron chi connectivity index (χ2n) is 10.0. The van der Waals surface area contributed by atoms with E-state index >= 15 is 0 Å². The molecule has 0 spiro atoms. The predicted molar refractivity (Wildman–Crippen MR) is 110 cm³/mol. The molecule has 0 bridgehead atoms. The number of hydrogen-bond donors (Lipinski definition) is 0. The quantitative estimate of drug-likeness (QED) is 0.494. The average molecular weight is 343 g/mol. The molecule has 0 heteroatoms. The summed E-state index contributed by atoms with van der Waals surface area (Å²) in [4.78, 5) is 0. The van der Waals surface area contributed by atoms with E-state index in [0.29, 0.717) is 10.8 Å². The Bertz CT molecular complexity index is 528. The molecular weight excluding hydrogens is 300 g/mol. The summed E-state index contributed by atoms with van der Waals surface area (Å²) in [6.07, 6.45) is 14.5. The molecular formula is C25H42. The van der Waals surface area contributed by atoms with Crippen molar-refractivity contribution in [2.75, 3.05) is 0 Å². The molecule has 25 heavy (non-hydrogen) atoms. The fourth-order valence-electron chi connectivity index (χ4n) is 7.86. The van der Waals surface area contributed by atoms with Gasteiger partial charge in [0.15, 0.2) is 0 Å². The molecule has 0 aromatic carbocycles. The van der Waals surface area contributed by atoms with Crippen LogP contribution in [0.3, 0.4) is 0 Å². The van der Waals surface area contributed by atoms with Crippen molar-refractivity contribution in [3.8, 4) is 0 Å². The molecule has 0 heterocycles. The second-order valence-corrected chi connectivity index (χ2v) is 10.0. The Kier molecular flexibility index (Phi) is 5.31. The highest BCUT2D eigenvalue weighted by Gasteiger charge is 2.66. The summed E-state index contributed by atoms with van der Waals surface area (Å²) < 4.78 is 0. The van der Waals surface area contributed by atoms with Gasteiger partial charge in [-0.25, -0.2) is 0 Å². The van der Waals surface area contributed by atoms with Gasteiger partial charge < -0.3 is 0 Å². The molecule has 0 N–H and O–H groups in total. The zero-order valence-electron chi connectivity index (χ0n) is 17.8. The Morgan fingerprint density at radius 1 is 1.24 bits per heavy atom. The van der Waals surface area contributed by atoms with Crippen molar-refractivity contribution in [2.45, 2.75) is 86.5 Å². The smallest absolute Gasteiger partial charge is 0.00822 e. The van der Waals surface area contributed by atoms with E-state index in [2.05, 4.69) is 46.4 Å². The third-order valence-corrected chi connectivity index (χ3v) is 8.72. The standard InChI is InChI=1S/C23H36.C2H6/c1-6-8-17-12-15(3)20-19(23(17,5)10-7-2)9-11-22(4)14-16-13-18(16)21(20)22;1-2/h6,8,15-16,18-21H,1,7,9-14H2,2-5H3;1-2H3/b17-8-;. The summed E-state index contributed by atoms with van der Waals surface area (Å²) >= 11 is 0. The molecule has 4 aliphatic carbocycles. The normalized spacial score (nSPS) is 51.7. The third-order valence-electron chi connectivity index (χ3n) is 8.72. The van der Waals surface area contributed by atoms with Crippen molar-refractivity contribution in [1.82, 2.24) is 0 Å². The molecule has 0 aliphatic heterocycles. The Labute approximate surface area is 157 Å². The molecule has 4 fully saturated rings. The van der Waals surface area contributed by atoms with Gasteiger partial charge in [-0.05, 0) is 84.9 Å². The molecule has 8 unspecified atom stereocenters. The van der Waals surface area contributed by atoms with Crippen LogP contribution in [0.2, 0.25) is 0 Å². The Balaban J connectivity index is 0.000000880. The lowest BCUT2D eigenvalue weighted by Gasteiger charge is -2.59. The number of fused-ring (bicyclic) bond motifs is 5. The summed E-state index contributed by atoms with van der Waals surface area (Å²) in [6.45, 7) is 18.2. The summed E-state index contributed by atoms with van der Waals surface area (Å²) in [5, 5.41) is 0. The largest absolute Gasteiger partial charge is 0.0991 e. The molecule has 4 rings (SSSR count). The van der Waals surface area contributed by atoms with Crippen LogP contribution in [0, 0.1) is 46.3 Å². The molecule has 4 aliphatic rings. The predicted octanol–water partition coefficient (Wildman–Crippen LogP) is 7.66. The molecule has 0 amide bonds. The SMILES string of the molecule is C=C/C=C1/CC(C)C2C3C4CC4CC3(C)CCC2C1(C)CCC.CC. The first-order valence-electron chi connectivity index (χ1n) is 11.3. The molecule has 0 nitrogen and oxygen atoms in total. The minimum absolute atomic E-state index is 0.439. The monoisotopic (exact) mass is 342 g/mol. The van der Waals surface area contributed by atoms with Gasteiger partial charge in [0.25, 0.3) is 0 Å². The van der Waals surface area contributed by atoms with Gasteiger partial charge in [-0.3, -0.25) is 0 Å². The minimum atomic E-state index is 0.439. The van der Waals surface area contributed by atoms with E-state index in [1.54, 1.807) is 18.4 Å². The highest BCUT2D eigenvalue weighted by molar-refractivity contribution is 5.27. The molecule has 4 saturated carbocycles. The molecule has 0 aromatic heterocycles. The Morgan fingerprint density at radius 2 is 1.96 bits per heavy atom. The van der Waals surface area contributed by atoms with Crippen LogP contribution in [0.25, 0.3) is 0 Å². The van der Waals surface area contributed by atoms with Crippen LogP contribution in [-0.2, 0) is 0 Å². The highest BCUT2D eigenvalue weighted by Crippen LogP contribution is 2.73. The van der Waals surface area contributed by atoms with Gasteiger partial charge >= 0.3 is 0 Å². The minimum Gasteiger partial charge on any atom is -0.0991 e. The van der Waals surface area contributed by atoms with Crippen LogP contribution in [0.1, 0.15) is 86.5 Å². The van der Waals surface area contributed by atoms with Crippen molar-refractivity contribution in [3.63, 3.8) is 0 Å². The zero-order chi connectivity index (χ0) is 18.4. The fourth-order valence-corrected chi connectivity index (χ4v) is 7.86. The van der Waals surface area contributed by atoms with Crippen LogP contribution >= 0.6 is 0 Å². The van der Waals surface area contributed by atoms with Gasteiger partial charge in [0.2, 0.25) is 0 Å². The van der Waals surface area contributed by atoms with Crippen molar-refractivity contribution in [2.24, 2.45) is 46.3 Å². The maximum absolute atomic E-state index is 4.02. The molecule has 0 saturated heterocycles. The molecule has 8 atom stereocenters. The van der Waals surface area contributed by atoms with E-state index in [-0.39, 0.29) is 0 Å². The van der Waals surface area contributed by atoms with Crippen LogP contribution in [0.15, 0.2) is 24.3 Å². The van der Waals surface area contributed by atoms with E-state index in [1.165, 1.54) is 32.1 Å². The maximum Gasteiger partial charge on any atom is -0.00822 e. The lowest BCUT2D eigenvalue weighted by Crippen LogP contribution is -2.52. The Morgan fingerprint density at radius 3 is 2.60 bits per heavy atom. The van der Waals surface area contributed by atoms with Crippen molar-refractivity contribution >= 4 is 0 Å². The van der Waals surface area contributed by atoms with Crippen LogP contribution in [0.4, 0.5) is 0 Å². The lowest BCUT2D eigenvalue weighted by molar-refractivity contribution is -0.0711. The van der Waals surface area contributed by atoms with Gasteiger partial charge in [0.1, 0.15) is 0 Å². The lowest BCUT2D eigenvalue weighted by atomic mass is 9.45. The summed E-state index contributed by atoms with van der Waals surface area (Å²) in [5.41, 5.74) is 2.85. The van der Waals surface area contributed by atoms with Crippen molar-refractivity contribution < 1.29 is 0 Å². The van der Waals surface area contributed by atoms with Gasteiger partial charge in [-0.1, -0.05) is 72.3 Å². The molecule has 0 radical (unpaired) electrons. The number of rotatable bonds is 3. The summed E-state index contributed by atoms with van der Waals surface area (Å²) in [7, 11) is 0. The average Bonchev–Trinajstić information content (AvgIpc) is 3.26. The number of hydrogen-bond acceptors (Lipinski definition) is 0. The van der Waals surface area contributed by atoms with Crippen LogP contribution < -0.4 is 0 Å². The second kappa shape index (κ2) is 6.90. The van der Waals surface area contributed by atoms with Crippen LogP contribution in [-0.4, -0.2) is 0 Å². The van der Waals surface area contributed by atoms with E-state index in [1.807, 2.05) is 13.8 Å². The van der Waals surface area contributed by atoms with E-state index in [4.69, 9.17) is 0 Å². The van der Waals surface area contributed by atoms with Crippen LogP contribution in [0.5, 0.6) is 0 Å². The van der Waals surface area contributed by atoms with Gasteiger partial charge in [0, 0.05) is 0 Å². The van der Waals surface area contributed by atoms with Gasteiger partial charge in [-0.2, -0.15) is 0 Å². The zero-order valence-corrected chi connectivity index (χ0v) is 17.8. The first-order chi connectivity index (χ1) is 11.9. The first kappa shape index (κ1) is 19.2. The summed E-state index contributed by atoms with van der Waals surface area (Å²) in [6, 6.07) is 0. The Hall–Kier alpha value is -0.520. The van der Waals surface area contributed by atoms with E-state index in [0.717, 1.165) is 35.5 Å². The van der Waals surface area contributed by atoms with Gasteiger partial charge in [-0.15, -0.1) is 0 Å². The van der Waals surface area contributed by atoms with E-state index < -0.39 is 0 Å². The van der Waals surface area contributed by atoms with E-state index in [9.17, 15) is 0 Å². The number of allylic oxidation sites excluding steroid dienone is 3. The topological polar surface area (TPSA) is 0 Å². The van der Waals surface area contributed by atoms with Crippen molar-refractivity contribution in [3.05, 3.63) is 24.3 Å². The molecule has 142 valence electrons. The highest BCUT2D eigenvalue weighted by atomic mass is 14.7.